The second kappa shape index (κ2) is 10.3. The normalized spacial score (nSPS) is 45.0. The number of halogens is 3. The van der Waals surface area contributed by atoms with Crippen molar-refractivity contribution >= 4 is 6.09 Å². The van der Waals surface area contributed by atoms with Gasteiger partial charge < -0.3 is 19.9 Å². The van der Waals surface area contributed by atoms with Gasteiger partial charge in [0.05, 0.1) is 11.7 Å². The highest BCUT2D eigenvalue weighted by molar-refractivity contribution is 5.67. The Morgan fingerprint density at radius 2 is 2.02 bits per heavy atom. The van der Waals surface area contributed by atoms with Crippen LogP contribution in [-0.4, -0.2) is 65.4 Å². The van der Waals surface area contributed by atoms with Crippen molar-refractivity contribution in [3.05, 3.63) is 22.8 Å². The maximum Gasteiger partial charge on any atom is 0.428 e. The average Bonchev–Trinajstić information content (AvgIpc) is 3.42. The number of amides is 1. The molecule has 1 spiro atoms. The van der Waals surface area contributed by atoms with Gasteiger partial charge in [0, 0.05) is 31.5 Å². The molecule has 41 heavy (non-hydrogen) atoms. The largest absolute Gasteiger partial charge is 0.446 e. The first-order valence-electron chi connectivity index (χ1n) is 15.8. The van der Waals surface area contributed by atoms with E-state index >= 15 is 0 Å². The molecule has 2 saturated carbocycles. The molecule has 2 heterocycles. The van der Waals surface area contributed by atoms with Crippen LogP contribution < -0.4 is 5.32 Å². The highest BCUT2D eigenvalue weighted by Gasteiger charge is 2.63. The van der Waals surface area contributed by atoms with Gasteiger partial charge in [0.25, 0.3) is 0 Å². The van der Waals surface area contributed by atoms with E-state index in [0.29, 0.717) is 24.3 Å². The molecule has 1 amide bonds. The SMILES string of the molecule is CCNC(=O)O[C@H]1CC[C@@]2(C)C(=CC[C@H]3[C@@H]4CC[C@]5(O[C@@H]6C[C@H](C)CN(C(O)C(F)(F)F)[C@H]6[C@H]5C)C(C)=C4C[C@@H]32)C1. The van der Waals surface area contributed by atoms with Crippen LogP contribution in [0.2, 0.25) is 0 Å². The van der Waals surface area contributed by atoms with Crippen LogP contribution in [0.4, 0.5) is 18.0 Å². The summed E-state index contributed by atoms with van der Waals surface area (Å²) in [6.07, 6.45) is 1.77. The van der Waals surface area contributed by atoms with Gasteiger partial charge in [-0.15, -0.1) is 0 Å². The molecule has 9 heteroatoms. The Morgan fingerprint density at radius 1 is 1.27 bits per heavy atom. The number of hydrogen-bond acceptors (Lipinski definition) is 5. The van der Waals surface area contributed by atoms with Gasteiger partial charge in [-0.2, -0.15) is 13.2 Å². The zero-order chi connectivity index (χ0) is 29.5. The zero-order valence-electron chi connectivity index (χ0n) is 25.1. The van der Waals surface area contributed by atoms with E-state index in [0.717, 1.165) is 51.4 Å². The lowest BCUT2D eigenvalue weighted by atomic mass is 9.56. The predicted molar refractivity (Wildman–Crippen MR) is 149 cm³/mol. The number of allylic oxidation sites excluding steroid dienone is 2. The molecule has 230 valence electrons. The summed E-state index contributed by atoms with van der Waals surface area (Å²) < 4.78 is 53.8. The Hall–Kier alpha value is -1.58. The number of rotatable bonds is 3. The molecule has 0 radical (unpaired) electrons. The summed E-state index contributed by atoms with van der Waals surface area (Å²) >= 11 is 0. The van der Waals surface area contributed by atoms with Crippen molar-refractivity contribution in [2.45, 2.75) is 122 Å². The van der Waals surface area contributed by atoms with Crippen molar-refractivity contribution in [3.8, 4) is 0 Å². The number of alkyl halides is 3. The third kappa shape index (κ3) is 4.59. The first-order valence-corrected chi connectivity index (χ1v) is 15.8. The van der Waals surface area contributed by atoms with Gasteiger partial charge in [0.15, 0.2) is 0 Å². The number of aliphatic hydroxyl groups excluding tert-OH is 1. The highest BCUT2D eigenvalue weighted by Crippen LogP contribution is 2.65. The van der Waals surface area contributed by atoms with E-state index in [1.807, 2.05) is 13.8 Å². The Kier molecular flexibility index (Phi) is 7.38. The van der Waals surface area contributed by atoms with E-state index < -0.39 is 24.0 Å². The lowest BCUT2D eigenvalue weighted by Gasteiger charge is -2.49. The summed E-state index contributed by atoms with van der Waals surface area (Å²) in [5.74, 6) is 1.44. The number of fused-ring (bicyclic) bond motifs is 6. The van der Waals surface area contributed by atoms with E-state index in [4.69, 9.17) is 9.47 Å². The molecule has 0 aromatic heterocycles. The van der Waals surface area contributed by atoms with Gasteiger partial charge in [-0.3, -0.25) is 4.90 Å². The summed E-state index contributed by atoms with van der Waals surface area (Å²) in [7, 11) is 0. The lowest BCUT2D eigenvalue weighted by molar-refractivity contribution is -0.265. The highest BCUT2D eigenvalue weighted by atomic mass is 19.4. The molecular weight excluding hydrogens is 533 g/mol. The van der Waals surface area contributed by atoms with Crippen molar-refractivity contribution < 1.29 is 32.5 Å². The topological polar surface area (TPSA) is 71.0 Å². The summed E-state index contributed by atoms with van der Waals surface area (Å²) in [5.41, 5.74) is 3.65. The fourth-order valence-corrected chi connectivity index (χ4v) is 10.3. The quantitative estimate of drug-likeness (QED) is 0.381. The Bertz CT molecular complexity index is 1120. The van der Waals surface area contributed by atoms with Crippen LogP contribution in [0.1, 0.15) is 86.0 Å². The fourth-order valence-electron chi connectivity index (χ4n) is 10.3. The van der Waals surface area contributed by atoms with E-state index in [-0.39, 0.29) is 42.1 Å². The summed E-state index contributed by atoms with van der Waals surface area (Å²) in [5, 5.41) is 13.1. The second-order valence-corrected chi connectivity index (χ2v) is 14.2. The first-order chi connectivity index (χ1) is 19.3. The molecule has 11 atom stereocenters. The molecule has 2 N–H and O–H groups in total. The Labute approximate surface area is 242 Å². The van der Waals surface area contributed by atoms with Crippen molar-refractivity contribution in [2.24, 2.45) is 35.0 Å². The van der Waals surface area contributed by atoms with Crippen LogP contribution in [0, 0.1) is 35.0 Å². The smallest absolute Gasteiger partial charge is 0.428 e. The number of alkyl carbamates (subject to hydrolysis) is 1. The maximum absolute atomic E-state index is 13.7. The lowest BCUT2D eigenvalue weighted by Crippen LogP contribution is -2.59. The van der Waals surface area contributed by atoms with E-state index in [9.17, 15) is 23.1 Å². The van der Waals surface area contributed by atoms with Gasteiger partial charge in [0.2, 0.25) is 6.23 Å². The van der Waals surface area contributed by atoms with Crippen LogP contribution in [0.25, 0.3) is 0 Å². The number of hydrogen-bond donors (Lipinski definition) is 2. The van der Waals surface area contributed by atoms with E-state index in [1.54, 1.807) is 0 Å². The summed E-state index contributed by atoms with van der Waals surface area (Å²) in [6.45, 7) is 11.3. The number of nitrogens with zero attached hydrogens (tertiary/aromatic N) is 1. The summed E-state index contributed by atoms with van der Waals surface area (Å²) in [6, 6.07) is -0.454. The number of nitrogens with one attached hydrogen (secondary N) is 1. The number of carbonyl (C=O) groups is 1. The minimum atomic E-state index is -4.69. The van der Waals surface area contributed by atoms with Gasteiger partial charge >= 0.3 is 12.3 Å². The maximum atomic E-state index is 13.7. The van der Waals surface area contributed by atoms with Crippen molar-refractivity contribution in [3.63, 3.8) is 0 Å². The van der Waals surface area contributed by atoms with Crippen molar-refractivity contribution in [1.82, 2.24) is 10.2 Å². The number of carbonyl (C=O) groups excluding carboxylic acids is 1. The first kappa shape index (κ1) is 29.5. The third-order valence-electron chi connectivity index (χ3n) is 12.2. The van der Waals surface area contributed by atoms with E-state index in [1.165, 1.54) is 21.6 Å². The molecule has 6 rings (SSSR count). The second-order valence-electron chi connectivity index (χ2n) is 14.2. The molecule has 4 aliphatic carbocycles. The summed E-state index contributed by atoms with van der Waals surface area (Å²) in [4.78, 5) is 13.4. The number of piperidine rings is 1. The molecule has 6 nitrogen and oxygen atoms in total. The molecule has 0 bridgehead atoms. The Morgan fingerprint density at radius 3 is 2.73 bits per heavy atom. The van der Waals surface area contributed by atoms with Crippen LogP contribution in [0.15, 0.2) is 22.8 Å². The van der Waals surface area contributed by atoms with Gasteiger partial charge in [0.1, 0.15) is 6.10 Å². The van der Waals surface area contributed by atoms with Crippen LogP contribution in [0.5, 0.6) is 0 Å². The van der Waals surface area contributed by atoms with Gasteiger partial charge in [-0.05, 0) is 93.5 Å². The van der Waals surface area contributed by atoms with Gasteiger partial charge in [-0.1, -0.05) is 38.0 Å². The molecule has 4 fully saturated rings. The molecular formula is C32H47F3N2O4. The van der Waals surface area contributed by atoms with Crippen molar-refractivity contribution in [2.75, 3.05) is 13.1 Å². The molecule has 1 unspecified atom stereocenters. The van der Waals surface area contributed by atoms with E-state index in [2.05, 4.69) is 32.2 Å². The van der Waals surface area contributed by atoms with Crippen LogP contribution in [0.3, 0.4) is 0 Å². The molecule has 6 aliphatic rings. The predicted octanol–water partition coefficient (Wildman–Crippen LogP) is 6.35. The molecule has 2 aliphatic heterocycles. The molecule has 2 saturated heterocycles. The number of aliphatic hydroxyl groups is 1. The fraction of sp³-hybridized carbons (Fsp3) is 0.844. The third-order valence-corrected chi connectivity index (χ3v) is 12.2. The minimum absolute atomic E-state index is 0.0193. The Balaban J connectivity index is 1.25. The molecule has 0 aromatic carbocycles. The van der Waals surface area contributed by atoms with Gasteiger partial charge in [-0.25, -0.2) is 4.79 Å². The number of likely N-dealkylation sites (tertiary alicyclic amines) is 1. The molecule has 0 aromatic rings. The zero-order valence-corrected chi connectivity index (χ0v) is 25.1. The average molecular weight is 581 g/mol. The number of ether oxygens (including phenoxy) is 2. The monoisotopic (exact) mass is 580 g/mol. The standard InChI is InChI=1S/C32H47F3N2O4/c1-6-36-29(39)40-21-9-11-30(5)20(14-21)7-8-23-22-10-12-31(18(3)24(22)15-25(23)30)19(4)27-26(41-31)13-17(2)16-37(27)28(38)32(33,34)35/h7,17,19,21-23,25-28,38H,6,8-16H2,1-5H3,(H,36,39)/t17-,19+,21-,22-,23-,25-,26+,27-,28?,30-,31-/m0/s1. The van der Waals surface area contributed by atoms with Crippen LogP contribution in [-0.2, 0) is 9.47 Å². The van der Waals surface area contributed by atoms with Crippen molar-refractivity contribution in [1.29, 1.82) is 0 Å². The van der Waals surface area contributed by atoms with Crippen LogP contribution >= 0.6 is 0 Å². The minimum Gasteiger partial charge on any atom is -0.446 e.